The molecule has 0 saturated carbocycles. The molecule has 1 saturated heterocycles. The van der Waals surface area contributed by atoms with Gasteiger partial charge in [0.05, 0.1) is 0 Å². The molecule has 0 radical (unpaired) electrons. The number of amides is 1. The lowest BCUT2D eigenvalue weighted by Gasteiger charge is -2.32. The van der Waals surface area contributed by atoms with Crippen LogP contribution >= 0.6 is 0 Å². The predicted octanol–water partition coefficient (Wildman–Crippen LogP) is 3.22. The molecule has 1 atom stereocenters. The maximum Gasteiger partial charge on any atom is 0.253 e. The van der Waals surface area contributed by atoms with E-state index in [9.17, 15) is 4.79 Å². The van der Waals surface area contributed by atoms with Crippen molar-refractivity contribution < 1.29 is 14.1 Å². The number of nitrogens with zero attached hydrogens (tertiary/aromatic N) is 3. The summed E-state index contributed by atoms with van der Waals surface area (Å²) in [4.78, 5) is 18.7. The number of benzene rings is 1. The van der Waals surface area contributed by atoms with Gasteiger partial charge in [-0.3, -0.25) is 4.79 Å². The highest BCUT2D eigenvalue weighted by molar-refractivity contribution is 5.94. The standard InChI is InChI=1S/C18H23N3O3/c1-3-14-5-4-10-21(11-14)18(22)15-6-8-16(9-7-15)23-12-17-19-13(2)24-20-17/h6-9,14H,3-5,10-12H2,1-2H3/t14-/m1/s1. The van der Waals surface area contributed by atoms with Crippen molar-refractivity contribution in [1.82, 2.24) is 15.0 Å². The molecule has 0 bridgehead atoms. The Morgan fingerprint density at radius 2 is 2.17 bits per heavy atom. The highest BCUT2D eigenvalue weighted by Crippen LogP contribution is 2.22. The number of hydrogen-bond donors (Lipinski definition) is 0. The zero-order valence-corrected chi connectivity index (χ0v) is 14.2. The molecular weight excluding hydrogens is 306 g/mol. The van der Waals surface area contributed by atoms with Crippen molar-refractivity contribution in [1.29, 1.82) is 0 Å². The first-order valence-corrected chi connectivity index (χ1v) is 8.47. The van der Waals surface area contributed by atoms with E-state index >= 15 is 0 Å². The fraction of sp³-hybridized carbons (Fsp3) is 0.500. The molecule has 1 aliphatic rings. The SMILES string of the molecule is CC[C@@H]1CCCN(C(=O)c2ccc(OCc3noc(C)n3)cc2)C1. The normalized spacial score (nSPS) is 17.8. The van der Waals surface area contributed by atoms with Gasteiger partial charge in [0.1, 0.15) is 5.75 Å². The number of hydrogen-bond acceptors (Lipinski definition) is 5. The predicted molar refractivity (Wildman–Crippen MR) is 88.7 cm³/mol. The summed E-state index contributed by atoms with van der Waals surface area (Å²) in [5.41, 5.74) is 0.703. The third kappa shape index (κ3) is 3.93. The average molecular weight is 329 g/mol. The van der Waals surface area contributed by atoms with E-state index in [1.165, 1.54) is 6.42 Å². The largest absolute Gasteiger partial charge is 0.485 e. The minimum absolute atomic E-state index is 0.105. The van der Waals surface area contributed by atoms with Crippen molar-refractivity contribution in [3.05, 3.63) is 41.5 Å². The zero-order chi connectivity index (χ0) is 16.9. The van der Waals surface area contributed by atoms with Gasteiger partial charge in [-0.25, -0.2) is 0 Å². The van der Waals surface area contributed by atoms with Crippen LogP contribution in [0.4, 0.5) is 0 Å². The minimum atomic E-state index is 0.105. The first-order valence-electron chi connectivity index (χ1n) is 8.47. The van der Waals surface area contributed by atoms with Crippen LogP contribution in [0.1, 0.15) is 48.3 Å². The second-order valence-corrected chi connectivity index (χ2v) is 6.21. The Morgan fingerprint density at radius 3 is 2.83 bits per heavy atom. The van der Waals surface area contributed by atoms with Crippen LogP contribution in [0, 0.1) is 12.8 Å². The summed E-state index contributed by atoms with van der Waals surface area (Å²) < 4.78 is 10.5. The molecule has 6 nitrogen and oxygen atoms in total. The topological polar surface area (TPSA) is 68.5 Å². The first kappa shape index (κ1) is 16.5. The minimum Gasteiger partial charge on any atom is -0.485 e. The van der Waals surface area contributed by atoms with Gasteiger partial charge in [-0.1, -0.05) is 18.5 Å². The van der Waals surface area contributed by atoms with Crippen molar-refractivity contribution in [3.8, 4) is 5.75 Å². The molecule has 1 aliphatic heterocycles. The van der Waals surface area contributed by atoms with Crippen molar-refractivity contribution in [2.24, 2.45) is 5.92 Å². The van der Waals surface area contributed by atoms with Gasteiger partial charge < -0.3 is 14.2 Å². The Hall–Kier alpha value is -2.37. The molecule has 0 aliphatic carbocycles. The Bertz CT molecular complexity index is 681. The molecule has 1 amide bonds. The summed E-state index contributed by atoms with van der Waals surface area (Å²) >= 11 is 0. The quantitative estimate of drug-likeness (QED) is 0.842. The molecule has 1 aromatic carbocycles. The van der Waals surface area contributed by atoms with Crippen LogP contribution in [-0.4, -0.2) is 34.0 Å². The monoisotopic (exact) mass is 329 g/mol. The van der Waals surface area contributed by atoms with E-state index in [0.29, 0.717) is 28.9 Å². The molecule has 2 heterocycles. The van der Waals surface area contributed by atoms with E-state index in [2.05, 4.69) is 17.1 Å². The summed E-state index contributed by atoms with van der Waals surface area (Å²) in [6, 6.07) is 7.24. The van der Waals surface area contributed by atoms with Gasteiger partial charge in [-0.05, 0) is 43.0 Å². The van der Waals surface area contributed by atoms with E-state index in [-0.39, 0.29) is 12.5 Å². The number of likely N-dealkylation sites (tertiary alicyclic amines) is 1. The molecule has 1 aromatic heterocycles. The van der Waals surface area contributed by atoms with Crippen LogP contribution in [0.15, 0.2) is 28.8 Å². The average Bonchev–Trinajstić information content (AvgIpc) is 3.05. The van der Waals surface area contributed by atoms with Gasteiger partial charge in [0.2, 0.25) is 11.7 Å². The lowest BCUT2D eigenvalue weighted by atomic mass is 9.95. The number of piperidine rings is 1. The van der Waals surface area contributed by atoms with Gasteiger partial charge in [-0.2, -0.15) is 4.98 Å². The van der Waals surface area contributed by atoms with Crippen LogP contribution in [0.2, 0.25) is 0 Å². The van der Waals surface area contributed by atoms with Crippen LogP contribution in [0.25, 0.3) is 0 Å². The maximum absolute atomic E-state index is 12.6. The maximum atomic E-state index is 12.6. The van der Waals surface area contributed by atoms with Crippen molar-refractivity contribution >= 4 is 5.91 Å². The Kier molecular flexibility index (Phi) is 5.13. The van der Waals surface area contributed by atoms with Crippen LogP contribution in [0.5, 0.6) is 5.75 Å². The summed E-state index contributed by atoms with van der Waals surface area (Å²) in [5.74, 6) is 2.43. The second kappa shape index (κ2) is 7.47. The van der Waals surface area contributed by atoms with E-state index in [1.54, 1.807) is 19.1 Å². The zero-order valence-electron chi connectivity index (χ0n) is 14.2. The van der Waals surface area contributed by atoms with Gasteiger partial charge in [0, 0.05) is 25.6 Å². The molecule has 6 heteroatoms. The van der Waals surface area contributed by atoms with E-state index in [0.717, 1.165) is 25.9 Å². The molecule has 1 fully saturated rings. The number of aromatic nitrogens is 2. The van der Waals surface area contributed by atoms with Gasteiger partial charge in [0.15, 0.2) is 6.61 Å². The van der Waals surface area contributed by atoms with Crippen molar-refractivity contribution in [3.63, 3.8) is 0 Å². The summed E-state index contributed by atoms with van der Waals surface area (Å²) in [5, 5.41) is 3.78. The molecule has 2 aromatic rings. The molecular formula is C18H23N3O3. The van der Waals surface area contributed by atoms with Gasteiger partial charge >= 0.3 is 0 Å². The third-order valence-electron chi connectivity index (χ3n) is 4.42. The molecule has 0 spiro atoms. The number of rotatable bonds is 5. The first-order chi connectivity index (χ1) is 11.7. The fourth-order valence-electron chi connectivity index (χ4n) is 3.01. The van der Waals surface area contributed by atoms with E-state index < -0.39 is 0 Å². The van der Waals surface area contributed by atoms with Gasteiger partial charge in [-0.15, -0.1) is 0 Å². The lowest BCUT2D eigenvalue weighted by molar-refractivity contribution is 0.0671. The molecule has 24 heavy (non-hydrogen) atoms. The molecule has 128 valence electrons. The Labute approximate surface area is 141 Å². The van der Waals surface area contributed by atoms with Crippen LogP contribution in [-0.2, 0) is 6.61 Å². The Balaban J connectivity index is 1.58. The molecule has 3 rings (SSSR count). The molecule has 0 unspecified atom stereocenters. The van der Waals surface area contributed by atoms with E-state index in [4.69, 9.17) is 9.26 Å². The Morgan fingerprint density at radius 1 is 1.38 bits per heavy atom. The molecule has 0 N–H and O–H groups in total. The smallest absolute Gasteiger partial charge is 0.253 e. The number of carbonyl (C=O) groups excluding carboxylic acids is 1. The van der Waals surface area contributed by atoms with Crippen molar-refractivity contribution in [2.45, 2.75) is 39.7 Å². The highest BCUT2D eigenvalue weighted by atomic mass is 16.5. The van der Waals surface area contributed by atoms with Crippen molar-refractivity contribution in [2.75, 3.05) is 13.1 Å². The van der Waals surface area contributed by atoms with E-state index in [1.807, 2.05) is 17.0 Å². The summed E-state index contributed by atoms with van der Waals surface area (Å²) in [7, 11) is 0. The van der Waals surface area contributed by atoms with Crippen LogP contribution < -0.4 is 4.74 Å². The van der Waals surface area contributed by atoms with Crippen LogP contribution in [0.3, 0.4) is 0 Å². The number of aryl methyl sites for hydroxylation is 1. The highest BCUT2D eigenvalue weighted by Gasteiger charge is 2.23. The summed E-state index contributed by atoms with van der Waals surface area (Å²) in [6.45, 7) is 5.89. The lowest BCUT2D eigenvalue weighted by Crippen LogP contribution is -2.39. The third-order valence-corrected chi connectivity index (χ3v) is 4.42. The summed E-state index contributed by atoms with van der Waals surface area (Å²) in [6.07, 6.45) is 3.45. The van der Waals surface area contributed by atoms with Gasteiger partial charge in [0.25, 0.3) is 5.91 Å². The number of ether oxygens (including phenoxy) is 1. The second-order valence-electron chi connectivity index (χ2n) is 6.21. The number of carbonyl (C=O) groups is 1. The fourth-order valence-corrected chi connectivity index (χ4v) is 3.01.